The molecule has 3 rings (SSSR count). The summed E-state index contributed by atoms with van der Waals surface area (Å²) in [6, 6.07) is 5.35. The smallest absolute Gasteiger partial charge is 0.331 e. The number of aromatic nitrogens is 2. The molecule has 2 atom stereocenters. The van der Waals surface area contributed by atoms with Gasteiger partial charge in [0.2, 0.25) is 0 Å². The van der Waals surface area contributed by atoms with E-state index in [-0.39, 0.29) is 23.4 Å². The molecule has 10 heteroatoms. The van der Waals surface area contributed by atoms with Gasteiger partial charge in [-0.05, 0) is 64.0 Å². The first kappa shape index (κ1) is 25.6. The molecule has 1 aliphatic heterocycles. The molecule has 1 amide bonds. The van der Waals surface area contributed by atoms with Crippen LogP contribution in [0.15, 0.2) is 30.3 Å². The number of nitrogens with zero attached hydrogens (tertiary/aromatic N) is 3. The maximum atomic E-state index is 13.2. The van der Waals surface area contributed by atoms with Crippen molar-refractivity contribution < 1.29 is 27.1 Å². The normalized spacial score (nSPS) is 18.2. The van der Waals surface area contributed by atoms with E-state index in [1.165, 1.54) is 18.2 Å². The molecule has 0 saturated carbocycles. The first-order chi connectivity index (χ1) is 16.0. The van der Waals surface area contributed by atoms with Crippen LogP contribution in [0.5, 0.6) is 0 Å². The minimum atomic E-state index is -3.15. The van der Waals surface area contributed by atoms with Crippen LogP contribution >= 0.6 is 0 Å². The fourth-order valence-corrected chi connectivity index (χ4v) is 5.85. The summed E-state index contributed by atoms with van der Waals surface area (Å²) in [7, 11) is -3.15. The molecule has 2 heterocycles. The lowest BCUT2D eigenvalue weighted by Crippen LogP contribution is -2.48. The van der Waals surface area contributed by atoms with Crippen LogP contribution in [0.25, 0.3) is 11.8 Å². The average Bonchev–Trinajstić information content (AvgIpc) is 3.29. The number of carbonyl (C=O) groups excluding carboxylic acids is 2. The summed E-state index contributed by atoms with van der Waals surface area (Å²) in [5, 5.41) is 4.45. The van der Waals surface area contributed by atoms with Gasteiger partial charge in [-0.2, -0.15) is 5.10 Å². The number of ether oxygens (including phenoxy) is 1. The van der Waals surface area contributed by atoms with Crippen molar-refractivity contribution >= 4 is 27.8 Å². The van der Waals surface area contributed by atoms with Crippen LogP contribution in [-0.4, -0.2) is 65.2 Å². The van der Waals surface area contributed by atoms with Crippen LogP contribution in [-0.2, 0) is 24.2 Å². The lowest BCUT2D eigenvalue weighted by molar-refractivity contribution is -0.150. The van der Waals surface area contributed by atoms with Crippen molar-refractivity contribution in [1.82, 2.24) is 14.7 Å². The predicted molar refractivity (Wildman–Crippen MR) is 127 cm³/mol. The molecular formula is C24H30FN3O5S. The molecule has 2 unspecified atom stereocenters. The second-order valence-electron chi connectivity index (χ2n) is 8.53. The van der Waals surface area contributed by atoms with Crippen molar-refractivity contribution in [1.29, 1.82) is 0 Å². The minimum absolute atomic E-state index is 0.0602. The molecule has 0 radical (unpaired) electrons. The zero-order valence-corrected chi connectivity index (χ0v) is 20.6. The molecule has 1 aliphatic rings. The van der Waals surface area contributed by atoms with E-state index in [0.29, 0.717) is 29.8 Å². The van der Waals surface area contributed by atoms with Gasteiger partial charge in [0.1, 0.15) is 5.82 Å². The van der Waals surface area contributed by atoms with Gasteiger partial charge in [0, 0.05) is 29.4 Å². The molecule has 1 fully saturated rings. The highest BCUT2D eigenvalue weighted by molar-refractivity contribution is 7.91. The molecule has 0 N–H and O–H groups in total. The summed E-state index contributed by atoms with van der Waals surface area (Å²) < 4.78 is 43.8. The molecule has 8 nitrogen and oxygen atoms in total. The predicted octanol–water partition coefficient (Wildman–Crippen LogP) is 3.00. The molecule has 0 spiro atoms. The van der Waals surface area contributed by atoms with E-state index in [1.807, 2.05) is 20.8 Å². The van der Waals surface area contributed by atoms with E-state index in [1.54, 1.807) is 34.7 Å². The average molecular weight is 492 g/mol. The first-order valence-electron chi connectivity index (χ1n) is 11.2. The van der Waals surface area contributed by atoms with Gasteiger partial charge in [0.15, 0.2) is 16.4 Å². The Kier molecular flexibility index (Phi) is 7.91. The summed E-state index contributed by atoms with van der Waals surface area (Å²) in [6.45, 7) is 6.93. The number of aryl methyl sites for hydroxylation is 1. The van der Waals surface area contributed by atoms with Gasteiger partial charge in [-0.25, -0.2) is 22.3 Å². The van der Waals surface area contributed by atoms with Gasteiger partial charge in [0.05, 0.1) is 22.9 Å². The topological polar surface area (TPSA) is 98.6 Å². The molecule has 0 bridgehead atoms. The van der Waals surface area contributed by atoms with Gasteiger partial charge in [-0.3, -0.25) is 4.79 Å². The summed E-state index contributed by atoms with van der Waals surface area (Å²) in [5.74, 6) is -1.44. The number of carbonyl (C=O) groups is 2. The Morgan fingerprint density at radius 2 is 1.97 bits per heavy atom. The second kappa shape index (κ2) is 10.5. The number of sulfone groups is 1. The number of esters is 1. The largest absolute Gasteiger partial charge is 0.452 e. The number of benzene rings is 1. The lowest BCUT2D eigenvalue weighted by Gasteiger charge is -2.33. The zero-order valence-electron chi connectivity index (χ0n) is 19.8. The Morgan fingerprint density at radius 1 is 1.29 bits per heavy atom. The van der Waals surface area contributed by atoms with Crippen molar-refractivity contribution in [2.75, 3.05) is 18.1 Å². The monoisotopic (exact) mass is 491 g/mol. The number of rotatable bonds is 8. The molecule has 1 aromatic heterocycles. The van der Waals surface area contributed by atoms with E-state index >= 15 is 0 Å². The van der Waals surface area contributed by atoms with Crippen LogP contribution < -0.4 is 0 Å². The lowest BCUT2D eigenvalue weighted by atomic mass is 10.1. The Bertz CT molecular complexity index is 1190. The van der Waals surface area contributed by atoms with Crippen LogP contribution in [0.2, 0.25) is 0 Å². The summed E-state index contributed by atoms with van der Waals surface area (Å²) in [4.78, 5) is 26.6. The highest BCUT2D eigenvalue weighted by atomic mass is 32.2. The molecule has 2 aromatic rings. The third-order valence-corrected chi connectivity index (χ3v) is 7.85. The highest BCUT2D eigenvalue weighted by Gasteiger charge is 2.36. The van der Waals surface area contributed by atoms with Gasteiger partial charge in [0.25, 0.3) is 5.91 Å². The Hall–Kier alpha value is -3.01. The van der Waals surface area contributed by atoms with Gasteiger partial charge < -0.3 is 9.64 Å². The number of hydrogen-bond acceptors (Lipinski definition) is 6. The number of halogens is 1. The molecule has 34 heavy (non-hydrogen) atoms. The van der Waals surface area contributed by atoms with Crippen molar-refractivity contribution in [2.24, 2.45) is 0 Å². The van der Waals surface area contributed by atoms with E-state index in [9.17, 15) is 22.4 Å². The molecular weight excluding hydrogens is 461 g/mol. The third kappa shape index (κ3) is 5.91. The Balaban J connectivity index is 1.65. The molecule has 0 aliphatic carbocycles. The standard InChI is InChI=1S/C24H30FN3O5S/c1-5-16(2)27(21-12-13-34(31,32)15-21)23(29)14-33-24(30)11-10-22-17(3)26-28(18(22)4)20-8-6-19(25)7-9-20/h6-11,16,21H,5,12-15H2,1-4H3/b11-10+. The fourth-order valence-electron chi connectivity index (χ4n) is 4.14. The quantitative estimate of drug-likeness (QED) is 0.416. The number of amides is 1. The van der Waals surface area contributed by atoms with Crippen molar-refractivity contribution in [2.45, 2.75) is 52.6 Å². The molecule has 1 saturated heterocycles. The minimum Gasteiger partial charge on any atom is -0.452 e. The fraction of sp³-hybridized carbons (Fsp3) is 0.458. The summed E-state index contributed by atoms with van der Waals surface area (Å²) in [6.07, 6.45) is 3.85. The van der Waals surface area contributed by atoms with Crippen LogP contribution in [0, 0.1) is 19.7 Å². The van der Waals surface area contributed by atoms with E-state index in [2.05, 4.69) is 5.10 Å². The van der Waals surface area contributed by atoms with Crippen LogP contribution in [0.3, 0.4) is 0 Å². The SMILES string of the molecule is CCC(C)N(C(=O)COC(=O)/C=C/c1c(C)nn(-c2ccc(F)cc2)c1C)C1CCS(=O)(=O)C1. The Morgan fingerprint density at radius 3 is 2.56 bits per heavy atom. The third-order valence-electron chi connectivity index (χ3n) is 6.10. The molecule has 184 valence electrons. The van der Waals surface area contributed by atoms with E-state index in [4.69, 9.17) is 4.74 Å². The van der Waals surface area contributed by atoms with E-state index < -0.39 is 34.4 Å². The van der Waals surface area contributed by atoms with Gasteiger partial charge >= 0.3 is 5.97 Å². The van der Waals surface area contributed by atoms with Gasteiger partial charge in [-0.1, -0.05) is 6.92 Å². The Labute approximate surface area is 199 Å². The van der Waals surface area contributed by atoms with Crippen molar-refractivity contribution in [3.8, 4) is 5.69 Å². The van der Waals surface area contributed by atoms with Crippen LogP contribution in [0.1, 0.15) is 43.6 Å². The van der Waals surface area contributed by atoms with Gasteiger partial charge in [-0.15, -0.1) is 0 Å². The van der Waals surface area contributed by atoms with Crippen LogP contribution in [0.4, 0.5) is 4.39 Å². The maximum Gasteiger partial charge on any atom is 0.331 e. The molecule has 1 aromatic carbocycles. The van der Waals surface area contributed by atoms with Crippen molar-refractivity contribution in [3.05, 3.63) is 53.1 Å². The second-order valence-corrected chi connectivity index (χ2v) is 10.8. The first-order valence-corrected chi connectivity index (χ1v) is 13.0. The highest BCUT2D eigenvalue weighted by Crippen LogP contribution is 2.22. The van der Waals surface area contributed by atoms with Crippen molar-refractivity contribution in [3.63, 3.8) is 0 Å². The summed E-state index contributed by atoms with van der Waals surface area (Å²) >= 11 is 0. The maximum absolute atomic E-state index is 13.2. The van der Waals surface area contributed by atoms with E-state index in [0.717, 1.165) is 5.69 Å². The summed E-state index contributed by atoms with van der Waals surface area (Å²) in [5.41, 5.74) is 2.83. The number of hydrogen-bond donors (Lipinski definition) is 0. The zero-order chi connectivity index (χ0) is 25.0.